The first-order chi connectivity index (χ1) is 5.40. The Kier molecular flexibility index (Phi) is 1.82. The predicted octanol–water partition coefficient (Wildman–Crippen LogP) is 0.727. The van der Waals surface area contributed by atoms with E-state index in [1.165, 1.54) is 0 Å². The molecular formula is C8H12O3. The van der Waals surface area contributed by atoms with E-state index >= 15 is 0 Å². The van der Waals surface area contributed by atoms with Gasteiger partial charge in [0.2, 0.25) is 0 Å². The molecule has 3 atom stereocenters. The fraction of sp³-hybridized carbons (Fsp3) is 0.875. The summed E-state index contributed by atoms with van der Waals surface area (Å²) in [6, 6.07) is 0. The molecule has 3 unspecified atom stereocenters. The Morgan fingerprint density at radius 1 is 1.45 bits per heavy atom. The standard InChI is InChI=1S/C8H12O3/c9-5-10-4-6-1-2-7-8(3-6)11-7/h5-8H,1-4H2. The molecule has 0 radical (unpaired) electrons. The number of hydrogen-bond acceptors (Lipinski definition) is 3. The minimum Gasteiger partial charge on any atom is -0.468 e. The Morgan fingerprint density at radius 2 is 2.36 bits per heavy atom. The molecule has 11 heavy (non-hydrogen) atoms. The van der Waals surface area contributed by atoms with Crippen molar-refractivity contribution in [1.82, 2.24) is 0 Å². The van der Waals surface area contributed by atoms with E-state index in [2.05, 4.69) is 0 Å². The minimum absolute atomic E-state index is 0.490. The summed E-state index contributed by atoms with van der Waals surface area (Å²) in [5.41, 5.74) is 0. The van der Waals surface area contributed by atoms with Crippen molar-refractivity contribution in [3.8, 4) is 0 Å². The normalized spacial score (nSPS) is 40.9. The van der Waals surface area contributed by atoms with Gasteiger partial charge in [0.05, 0.1) is 18.8 Å². The molecule has 62 valence electrons. The van der Waals surface area contributed by atoms with E-state index in [1.807, 2.05) is 0 Å². The third-order valence-corrected chi connectivity index (χ3v) is 2.51. The van der Waals surface area contributed by atoms with E-state index in [-0.39, 0.29) is 0 Å². The van der Waals surface area contributed by atoms with Crippen LogP contribution >= 0.6 is 0 Å². The van der Waals surface area contributed by atoms with Gasteiger partial charge in [-0.05, 0) is 25.2 Å². The van der Waals surface area contributed by atoms with Gasteiger partial charge in [0.15, 0.2) is 0 Å². The highest BCUT2D eigenvalue weighted by atomic mass is 16.6. The highest BCUT2D eigenvalue weighted by Gasteiger charge is 2.43. The molecule has 0 N–H and O–H groups in total. The van der Waals surface area contributed by atoms with Crippen LogP contribution in [0.2, 0.25) is 0 Å². The van der Waals surface area contributed by atoms with Crippen LogP contribution in [0.4, 0.5) is 0 Å². The molecule has 0 aromatic heterocycles. The van der Waals surface area contributed by atoms with Gasteiger partial charge in [0.25, 0.3) is 6.47 Å². The summed E-state index contributed by atoms with van der Waals surface area (Å²) in [6.07, 6.45) is 4.41. The predicted molar refractivity (Wildman–Crippen MR) is 38.0 cm³/mol. The molecule has 0 aromatic carbocycles. The number of rotatable bonds is 3. The van der Waals surface area contributed by atoms with Crippen molar-refractivity contribution < 1.29 is 14.3 Å². The minimum atomic E-state index is 0.490. The van der Waals surface area contributed by atoms with Crippen LogP contribution < -0.4 is 0 Å². The first kappa shape index (κ1) is 7.10. The molecule has 2 rings (SSSR count). The third kappa shape index (κ3) is 1.53. The summed E-state index contributed by atoms with van der Waals surface area (Å²) < 4.78 is 10.0. The Balaban J connectivity index is 1.72. The van der Waals surface area contributed by atoms with Crippen LogP contribution in [-0.2, 0) is 14.3 Å². The fourth-order valence-corrected chi connectivity index (χ4v) is 1.81. The average molecular weight is 156 g/mol. The molecule has 2 fully saturated rings. The zero-order valence-electron chi connectivity index (χ0n) is 6.36. The van der Waals surface area contributed by atoms with E-state index < -0.39 is 0 Å². The highest BCUT2D eigenvalue weighted by molar-refractivity contribution is 5.36. The lowest BCUT2D eigenvalue weighted by Crippen LogP contribution is -2.17. The SMILES string of the molecule is O=COCC1CCC2OC2C1. The molecule has 2 aliphatic rings. The van der Waals surface area contributed by atoms with Crippen molar-refractivity contribution >= 4 is 6.47 Å². The lowest BCUT2D eigenvalue weighted by atomic mass is 9.90. The molecule has 1 saturated carbocycles. The van der Waals surface area contributed by atoms with Gasteiger partial charge in [0, 0.05) is 0 Å². The monoisotopic (exact) mass is 156 g/mol. The van der Waals surface area contributed by atoms with Crippen molar-refractivity contribution in [2.45, 2.75) is 31.5 Å². The fourth-order valence-electron chi connectivity index (χ4n) is 1.81. The number of ether oxygens (including phenoxy) is 2. The lowest BCUT2D eigenvalue weighted by molar-refractivity contribution is -0.130. The van der Waals surface area contributed by atoms with E-state index in [0.29, 0.717) is 31.2 Å². The van der Waals surface area contributed by atoms with Crippen LogP contribution in [0, 0.1) is 5.92 Å². The topological polar surface area (TPSA) is 38.8 Å². The van der Waals surface area contributed by atoms with Gasteiger partial charge in [-0.15, -0.1) is 0 Å². The maximum atomic E-state index is 9.89. The maximum Gasteiger partial charge on any atom is 0.293 e. The zero-order valence-corrected chi connectivity index (χ0v) is 6.36. The second-order valence-corrected chi connectivity index (χ2v) is 3.32. The van der Waals surface area contributed by atoms with Gasteiger partial charge in [-0.25, -0.2) is 0 Å². The largest absolute Gasteiger partial charge is 0.468 e. The molecular weight excluding hydrogens is 144 g/mol. The summed E-state index contributed by atoms with van der Waals surface area (Å²) in [5.74, 6) is 0.545. The molecule has 3 nitrogen and oxygen atoms in total. The van der Waals surface area contributed by atoms with Gasteiger partial charge in [-0.1, -0.05) is 0 Å². The van der Waals surface area contributed by atoms with E-state index in [9.17, 15) is 4.79 Å². The Hall–Kier alpha value is -0.570. The molecule has 0 amide bonds. The summed E-state index contributed by atoms with van der Waals surface area (Å²) in [5, 5.41) is 0. The first-order valence-corrected chi connectivity index (χ1v) is 4.11. The molecule has 3 heteroatoms. The van der Waals surface area contributed by atoms with Crippen LogP contribution in [0.15, 0.2) is 0 Å². The number of carbonyl (C=O) groups is 1. The van der Waals surface area contributed by atoms with Gasteiger partial charge >= 0.3 is 0 Å². The van der Waals surface area contributed by atoms with Crippen molar-refractivity contribution in [2.75, 3.05) is 6.61 Å². The van der Waals surface area contributed by atoms with Crippen LogP contribution in [0.5, 0.6) is 0 Å². The second-order valence-electron chi connectivity index (χ2n) is 3.32. The van der Waals surface area contributed by atoms with Gasteiger partial charge < -0.3 is 9.47 Å². The Labute approximate surface area is 65.7 Å². The van der Waals surface area contributed by atoms with Gasteiger partial charge in [-0.2, -0.15) is 0 Å². The second kappa shape index (κ2) is 2.81. The summed E-state index contributed by atoms with van der Waals surface area (Å²) in [4.78, 5) is 9.89. The summed E-state index contributed by atoms with van der Waals surface area (Å²) in [7, 11) is 0. The quantitative estimate of drug-likeness (QED) is 0.446. The molecule has 0 spiro atoms. The van der Waals surface area contributed by atoms with Crippen molar-refractivity contribution in [3.63, 3.8) is 0 Å². The van der Waals surface area contributed by atoms with Crippen LogP contribution in [0.1, 0.15) is 19.3 Å². The van der Waals surface area contributed by atoms with Crippen molar-refractivity contribution in [3.05, 3.63) is 0 Å². The molecule has 0 bridgehead atoms. The van der Waals surface area contributed by atoms with Crippen LogP contribution in [0.3, 0.4) is 0 Å². The number of hydrogen-bond donors (Lipinski definition) is 0. The lowest BCUT2D eigenvalue weighted by Gasteiger charge is -2.16. The van der Waals surface area contributed by atoms with Crippen molar-refractivity contribution in [2.24, 2.45) is 5.92 Å². The molecule has 1 saturated heterocycles. The highest BCUT2D eigenvalue weighted by Crippen LogP contribution is 2.39. The number of fused-ring (bicyclic) bond motifs is 1. The molecule has 1 aliphatic carbocycles. The summed E-state index contributed by atoms with van der Waals surface area (Å²) >= 11 is 0. The van der Waals surface area contributed by atoms with E-state index in [1.54, 1.807) is 0 Å². The first-order valence-electron chi connectivity index (χ1n) is 4.11. The van der Waals surface area contributed by atoms with Crippen molar-refractivity contribution in [1.29, 1.82) is 0 Å². The smallest absolute Gasteiger partial charge is 0.293 e. The number of carbonyl (C=O) groups excluding carboxylic acids is 1. The van der Waals surface area contributed by atoms with Crippen LogP contribution in [-0.4, -0.2) is 25.3 Å². The zero-order chi connectivity index (χ0) is 7.68. The maximum absolute atomic E-state index is 9.89. The number of epoxide rings is 1. The van der Waals surface area contributed by atoms with Gasteiger partial charge in [0.1, 0.15) is 0 Å². The Morgan fingerprint density at radius 3 is 3.09 bits per heavy atom. The van der Waals surface area contributed by atoms with E-state index in [0.717, 1.165) is 19.3 Å². The summed E-state index contributed by atoms with van der Waals surface area (Å²) in [6.45, 7) is 1.11. The van der Waals surface area contributed by atoms with E-state index in [4.69, 9.17) is 9.47 Å². The van der Waals surface area contributed by atoms with Gasteiger partial charge in [-0.3, -0.25) is 4.79 Å². The average Bonchev–Trinajstić information content (AvgIpc) is 2.78. The molecule has 0 aromatic rings. The Bertz CT molecular complexity index is 157. The third-order valence-electron chi connectivity index (χ3n) is 2.51. The molecule has 1 aliphatic heterocycles. The van der Waals surface area contributed by atoms with Crippen LogP contribution in [0.25, 0.3) is 0 Å². The molecule has 1 heterocycles.